The Morgan fingerprint density at radius 1 is 0.800 bits per heavy atom. The first-order chi connectivity index (χ1) is 12.2. The first-order valence-corrected chi connectivity index (χ1v) is 8.41. The standard InChI is InChI=1S/C22H22FNO/c1-17-3-2-4-20(13-17)16-25-22-11-7-19(8-12-22)15-24-14-18-5-9-21(23)10-6-18/h2-13,24H,14-16H2,1H3. The van der Waals surface area contributed by atoms with Crippen molar-refractivity contribution in [2.45, 2.75) is 26.6 Å². The van der Waals surface area contributed by atoms with Crippen molar-refractivity contribution in [2.75, 3.05) is 0 Å². The first kappa shape index (κ1) is 17.2. The molecule has 0 bridgehead atoms. The van der Waals surface area contributed by atoms with Crippen molar-refractivity contribution in [2.24, 2.45) is 0 Å². The minimum absolute atomic E-state index is 0.204. The lowest BCUT2D eigenvalue weighted by molar-refractivity contribution is 0.306. The second-order valence-electron chi connectivity index (χ2n) is 6.15. The molecule has 3 heteroatoms. The summed E-state index contributed by atoms with van der Waals surface area (Å²) >= 11 is 0. The number of aryl methyl sites for hydroxylation is 1. The van der Waals surface area contributed by atoms with Crippen LogP contribution in [0, 0.1) is 12.7 Å². The van der Waals surface area contributed by atoms with Gasteiger partial charge in [0.1, 0.15) is 18.2 Å². The molecule has 0 saturated heterocycles. The van der Waals surface area contributed by atoms with E-state index in [0.717, 1.165) is 17.9 Å². The van der Waals surface area contributed by atoms with Crippen LogP contribution in [-0.2, 0) is 19.7 Å². The van der Waals surface area contributed by atoms with Crippen molar-refractivity contribution in [3.8, 4) is 5.75 Å². The Morgan fingerprint density at radius 2 is 1.44 bits per heavy atom. The zero-order chi connectivity index (χ0) is 17.5. The molecule has 2 nitrogen and oxygen atoms in total. The molecule has 0 heterocycles. The summed E-state index contributed by atoms with van der Waals surface area (Å²) in [7, 11) is 0. The first-order valence-electron chi connectivity index (χ1n) is 8.41. The van der Waals surface area contributed by atoms with E-state index in [1.165, 1.54) is 28.8 Å². The smallest absolute Gasteiger partial charge is 0.123 e. The third-order valence-corrected chi connectivity index (χ3v) is 3.98. The Bertz CT molecular complexity index is 797. The molecule has 0 unspecified atom stereocenters. The van der Waals surface area contributed by atoms with Crippen LogP contribution in [0.2, 0.25) is 0 Å². The Balaban J connectivity index is 1.46. The van der Waals surface area contributed by atoms with Gasteiger partial charge in [-0.1, -0.05) is 54.1 Å². The van der Waals surface area contributed by atoms with Gasteiger partial charge in [-0.3, -0.25) is 0 Å². The summed E-state index contributed by atoms with van der Waals surface area (Å²) in [6, 6.07) is 23.0. The van der Waals surface area contributed by atoms with E-state index in [2.05, 4.69) is 42.6 Å². The summed E-state index contributed by atoms with van der Waals surface area (Å²) in [5.41, 5.74) is 4.67. The van der Waals surface area contributed by atoms with Crippen molar-refractivity contribution >= 4 is 0 Å². The molecular weight excluding hydrogens is 313 g/mol. The van der Waals surface area contributed by atoms with E-state index < -0.39 is 0 Å². The van der Waals surface area contributed by atoms with Crippen LogP contribution in [0.5, 0.6) is 5.75 Å². The van der Waals surface area contributed by atoms with Gasteiger partial charge in [0.15, 0.2) is 0 Å². The number of ether oxygens (including phenoxy) is 1. The Labute approximate surface area is 148 Å². The molecule has 0 amide bonds. The molecule has 3 aromatic rings. The average molecular weight is 335 g/mol. The predicted molar refractivity (Wildman–Crippen MR) is 98.9 cm³/mol. The maximum Gasteiger partial charge on any atom is 0.123 e. The summed E-state index contributed by atoms with van der Waals surface area (Å²) in [5, 5.41) is 3.36. The molecule has 0 atom stereocenters. The maximum atomic E-state index is 12.9. The number of halogens is 1. The Kier molecular flexibility index (Phi) is 5.81. The van der Waals surface area contributed by atoms with Gasteiger partial charge in [-0.15, -0.1) is 0 Å². The number of benzene rings is 3. The van der Waals surface area contributed by atoms with E-state index in [1.807, 2.05) is 18.2 Å². The fourth-order valence-corrected chi connectivity index (χ4v) is 2.63. The summed E-state index contributed by atoms with van der Waals surface area (Å²) in [6.07, 6.45) is 0. The quantitative estimate of drug-likeness (QED) is 0.656. The van der Waals surface area contributed by atoms with Gasteiger partial charge >= 0.3 is 0 Å². The Morgan fingerprint density at radius 3 is 2.08 bits per heavy atom. The summed E-state index contributed by atoms with van der Waals surface area (Å²) < 4.78 is 18.7. The molecule has 3 rings (SSSR count). The lowest BCUT2D eigenvalue weighted by atomic mass is 10.1. The molecule has 25 heavy (non-hydrogen) atoms. The highest BCUT2D eigenvalue weighted by molar-refractivity contribution is 5.28. The van der Waals surface area contributed by atoms with Crippen LogP contribution < -0.4 is 10.1 Å². The maximum absolute atomic E-state index is 12.9. The van der Waals surface area contributed by atoms with Gasteiger partial charge in [0.25, 0.3) is 0 Å². The van der Waals surface area contributed by atoms with E-state index in [0.29, 0.717) is 13.2 Å². The molecular formula is C22H22FNO. The number of hydrogen-bond donors (Lipinski definition) is 1. The molecule has 1 N–H and O–H groups in total. The molecule has 0 saturated carbocycles. The van der Waals surface area contributed by atoms with E-state index in [9.17, 15) is 4.39 Å². The van der Waals surface area contributed by atoms with Gasteiger partial charge in [0.2, 0.25) is 0 Å². The van der Waals surface area contributed by atoms with Crippen LogP contribution in [0.4, 0.5) is 4.39 Å². The van der Waals surface area contributed by atoms with Crippen molar-refractivity contribution in [1.29, 1.82) is 0 Å². The van der Waals surface area contributed by atoms with E-state index >= 15 is 0 Å². The molecule has 0 aliphatic heterocycles. The van der Waals surface area contributed by atoms with Gasteiger partial charge in [-0.05, 0) is 47.9 Å². The monoisotopic (exact) mass is 335 g/mol. The van der Waals surface area contributed by atoms with Gasteiger partial charge in [-0.25, -0.2) is 4.39 Å². The average Bonchev–Trinajstić information content (AvgIpc) is 2.63. The minimum atomic E-state index is -0.204. The fraction of sp³-hybridized carbons (Fsp3) is 0.182. The SMILES string of the molecule is Cc1cccc(COc2ccc(CNCc3ccc(F)cc3)cc2)c1. The molecule has 128 valence electrons. The molecule has 0 aliphatic carbocycles. The van der Waals surface area contributed by atoms with E-state index in [-0.39, 0.29) is 5.82 Å². The minimum Gasteiger partial charge on any atom is -0.489 e. The largest absolute Gasteiger partial charge is 0.489 e. The van der Waals surface area contributed by atoms with Gasteiger partial charge in [0, 0.05) is 13.1 Å². The van der Waals surface area contributed by atoms with Gasteiger partial charge in [-0.2, -0.15) is 0 Å². The van der Waals surface area contributed by atoms with Crippen LogP contribution in [-0.4, -0.2) is 0 Å². The summed E-state index contributed by atoms with van der Waals surface area (Å²) in [6.45, 7) is 4.13. The summed E-state index contributed by atoms with van der Waals surface area (Å²) in [4.78, 5) is 0. The second-order valence-corrected chi connectivity index (χ2v) is 6.15. The van der Waals surface area contributed by atoms with Crippen LogP contribution >= 0.6 is 0 Å². The van der Waals surface area contributed by atoms with Crippen molar-refractivity contribution in [1.82, 2.24) is 5.32 Å². The van der Waals surface area contributed by atoms with Crippen LogP contribution in [0.15, 0.2) is 72.8 Å². The van der Waals surface area contributed by atoms with Crippen molar-refractivity contribution in [3.63, 3.8) is 0 Å². The van der Waals surface area contributed by atoms with Crippen LogP contribution in [0.25, 0.3) is 0 Å². The molecule has 0 radical (unpaired) electrons. The van der Waals surface area contributed by atoms with Crippen molar-refractivity contribution in [3.05, 3.63) is 101 Å². The molecule has 0 spiro atoms. The third kappa shape index (κ3) is 5.44. The molecule has 0 aliphatic rings. The fourth-order valence-electron chi connectivity index (χ4n) is 2.63. The lowest BCUT2D eigenvalue weighted by Gasteiger charge is -2.09. The lowest BCUT2D eigenvalue weighted by Crippen LogP contribution is -2.12. The van der Waals surface area contributed by atoms with E-state index in [1.54, 1.807) is 12.1 Å². The highest BCUT2D eigenvalue weighted by Gasteiger charge is 1.99. The molecule has 0 fully saturated rings. The van der Waals surface area contributed by atoms with Crippen molar-refractivity contribution < 1.29 is 9.13 Å². The topological polar surface area (TPSA) is 21.3 Å². The highest BCUT2D eigenvalue weighted by atomic mass is 19.1. The van der Waals surface area contributed by atoms with Crippen LogP contribution in [0.3, 0.4) is 0 Å². The van der Waals surface area contributed by atoms with Gasteiger partial charge in [0.05, 0.1) is 0 Å². The van der Waals surface area contributed by atoms with Gasteiger partial charge < -0.3 is 10.1 Å². The molecule has 0 aromatic heterocycles. The zero-order valence-corrected chi connectivity index (χ0v) is 14.3. The Hall–Kier alpha value is -2.65. The highest BCUT2D eigenvalue weighted by Crippen LogP contribution is 2.15. The number of hydrogen-bond acceptors (Lipinski definition) is 2. The zero-order valence-electron chi connectivity index (χ0n) is 14.3. The van der Waals surface area contributed by atoms with Crippen LogP contribution in [0.1, 0.15) is 22.3 Å². The third-order valence-electron chi connectivity index (χ3n) is 3.98. The summed E-state index contributed by atoms with van der Waals surface area (Å²) in [5.74, 6) is 0.661. The number of nitrogens with one attached hydrogen (secondary N) is 1. The predicted octanol–water partition coefficient (Wildman–Crippen LogP) is 5.00. The second kappa shape index (κ2) is 8.45. The van der Waals surface area contributed by atoms with E-state index in [4.69, 9.17) is 4.74 Å². The number of rotatable bonds is 7. The normalized spacial score (nSPS) is 10.6. The molecule has 3 aromatic carbocycles.